The van der Waals surface area contributed by atoms with E-state index in [1.807, 2.05) is 66.7 Å². The zero-order chi connectivity index (χ0) is 30.9. The summed E-state index contributed by atoms with van der Waals surface area (Å²) in [4.78, 5) is 36.5. The third kappa shape index (κ3) is 7.50. The number of oxime groups is 1. The van der Waals surface area contributed by atoms with E-state index in [1.165, 1.54) is 0 Å². The molecule has 4 aromatic carbocycles. The number of carboxylic acid groups (broad SMARTS) is 1. The van der Waals surface area contributed by atoms with Crippen molar-refractivity contribution in [2.24, 2.45) is 5.16 Å². The second-order valence-corrected chi connectivity index (χ2v) is 10.8. The van der Waals surface area contributed by atoms with Gasteiger partial charge in [-0.2, -0.15) is 0 Å². The van der Waals surface area contributed by atoms with Gasteiger partial charge in [-0.3, -0.25) is 9.36 Å². The van der Waals surface area contributed by atoms with Crippen LogP contribution in [0.1, 0.15) is 22.3 Å². The first-order chi connectivity index (χ1) is 21.4. The lowest BCUT2D eigenvalue weighted by atomic mass is 10.0. The van der Waals surface area contributed by atoms with Gasteiger partial charge in [-0.25, -0.2) is 9.59 Å². The number of thiazole rings is 1. The minimum atomic E-state index is -1.18. The molecule has 0 spiro atoms. The number of hydrogen-bond acceptors (Lipinski definition) is 8. The van der Waals surface area contributed by atoms with Crippen LogP contribution in [0.4, 0.5) is 4.79 Å². The Morgan fingerprint density at radius 1 is 0.886 bits per heavy atom. The zero-order valence-corrected chi connectivity index (χ0v) is 24.3. The third-order valence-electron chi connectivity index (χ3n) is 6.84. The molecule has 10 nitrogen and oxygen atoms in total. The van der Waals surface area contributed by atoms with Gasteiger partial charge in [0.2, 0.25) is 0 Å². The maximum Gasteiger partial charge on any atom is 0.408 e. The number of aromatic nitrogens is 1. The van der Waals surface area contributed by atoms with Crippen LogP contribution >= 0.6 is 11.3 Å². The highest BCUT2D eigenvalue weighted by Gasteiger charge is 2.21. The Morgan fingerprint density at radius 2 is 1.59 bits per heavy atom. The summed E-state index contributed by atoms with van der Waals surface area (Å²) in [7, 11) is 0. The molecule has 1 aromatic heterocycles. The van der Waals surface area contributed by atoms with Gasteiger partial charge < -0.3 is 25.1 Å². The largest absolute Gasteiger partial charge is 0.492 e. The van der Waals surface area contributed by atoms with Gasteiger partial charge in [0.15, 0.2) is 0 Å². The number of alkyl carbamates (subject to hydrolysis) is 1. The molecule has 11 heteroatoms. The monoisotopic (exact) mass is 611 g/mol. The van der Waals surface area contributed by atoms with Gasteiger partial charge in [0.25, 0.3) is 0 Å². The number of carbonyl (C=O) groups is 2. The number of ether oxygens (including phenoxy) is 2. The maximum atomic E-state index is 12.8. The van der Waals surface area contributed by atoms with Gasteiger partial charge in [-0.1, -0.05) is 95.4 Å². The minimum Gasteiger partial charge on any atom is -0.492 e. The summed E-state index contributed by atoms with van der Waals surface area (Å²) in [6.07, 6.45) is -0.756. The van der Waals surface area contributed by atoms with Crippen LogP contribution in [0.25, 0.3) is 10.2 Å². The number of amides is 1. The first-order valence-electron chi connectivity index (χ1n) is 13.7. The molecule has 0 aliphatic heterocycles. The average molecular weight is 612 g/mol. The number of benzene rings is 4. The third-order valence-corrected chi connectivity index (χ3v) is 7.78. The number of hydrogen-bond donors (Lipinski definition) is 3. The van der Waals surface area contributed by atoms with Crippen LogP contribution in [0, 0.1) is 0 Å². The molecule has 1 heterocycles. The van der Waals surface area contributed by atoms with Crippen molar-refractivity contribution in [3.8, 4) is 5.75 Å². The number of carboxylic acids is 1. The van der Waals surface area contributed by atoms with Gasteiger partial charge in [-0.15, -0.1) is 0 Å². The van der Waals surface area contributed by atoms with Gasteiger partial charge >= 0.3 is 16.9 Å². The van der Waals surface area contributed by atoms with Gasteiger partial charge in [-0.05, 0) is 35.4 Å². The lowest BCUT2D eigenvalue weighted by molar-refractivity contribution is -0.139. The van der Waals surface area contributed by atoms with E-state index in [9.17, 15) is 24.7 Å². The van der Waals surface area contributed by atoms with Crippen LogP contribution < -0.4 is 14.9 Å². The molecule has 0 radical (unpaired) electrons. The quantitative estimate of drug-likeness (QED) is 0.0990. The molecule has 224 valence electrons. The minimum absolute atomic E-state index is 0.0348. The molecule has 0 aliphatic rings. The van der Waals surface area contributed by atoms with Gasteiger partial charge in [0, 0.05) is 17.5 Å². The molecule has 1 atom stereocenters. The van der Waals surface area contributed by atoms with Crippen LogP contribution in [0.2, 0.25) is 0 Å². The molecule has 0 bridgehead atoms. The highest BCUT2D eigenvalue weighted by molar-refractivity contribution is 7.16. The Labute approximate surface area is 256 Å². The van der Waals surface area contributed by atoms with Crippen LogP contribution in [-0.4, -0.2) is 45.3 Å². The fourth-order valence-corrected chi connectivity index (χ4v) is 5.58. The first-order valence-corrected chi connectivity index (χ1v) is 14.6. The molecule has 44 heavy (non-hydrogen) atoms. The summed E-state index contributed by atoms with van der Waals surface area (Å²) < 4.78 is 13.4. The second kappa shape index (κ2) is 14.2. The topological polar surface area (TPSA) is 139 Å². The standard InChI is InChI=1S/C33H29N3O7S/c37-31(38)27(34-32(39)43-21-23-7-3-1-4-8-23)19-22-11-14-26(15-12-22)42-18-17-36-28-16-13-25(20-29(28)44-33(36)40)30(35-41)24-9-5-2-6-10-24/h1-16,20,27,41H,17-19,21H2,(H,34,39)(H,37,38). The Balaban J connectivity index is 1.16. The molecule has 3 N–H and O–H groups in total. The summed E-state index contributed by atoms with van der Waals surface area (Å²) in [5, 5.41) is 25.1. The predicted octanol–water partition coefficient (Wildman–Crippen LogP) is 5.29. The summed E-state index contributed by atoms with van der Waals surface area (Å²) >= 11 is 1.11. The smallest absolute Gasteiger partial charge is 0.408 e. The van der Waals surface area contributed by atoms with Crippen LogP contribution in [-0.2, 0) is 29.1 Å². The molecule has 5 rings (SSSR count). The SMILES string of the molecule is O=C(NC(Cc1ccc(OCCn2c(=O)sc3cc(C(=NO)c4ccccc4)ccc32)cc1)C(=O)O)OCc1ccccc1. The number of nitrogens with one attached hydrogen (secondary N) is 1. The lowest BCUT2D eigenvalue weighted by Crippen LogP contribution is -2.42. The van der Waals surface area contributed by atoms with E-state index >= 15 is 0 Å². The van der Waals surface area contributed by atoms with Gasteiger partial charge in [0.05, 0.1) is 16.8 Å². The van der Waals surface area contributed by atoms with Crippen molar-refractivity contribution in [1.29, 1.82) is 0 Å². The van der Waals surface area contributed by atoms with E-state index in [0.29, 0.717) is 29.1 Å². The molecule has 1 amide bonds. The Hall–Kier alpha value is -5.42. The normalized spacial score (nSPS) is 12.0. The number of rotatable bonds is 12. The molecular formula is C33H29N3O7S. The van der Waals surface area contributed by atoms with E-state index < -0.39 is 18.1 Å². The van der Waals surface area contributed by atoms with Crippen molar-refractivity contribution in [3.63, 3.8) is 0 Å². The lowest BCUT2D eigenvalue weighted by Gasteiger charge is -2.15. The molecule has 0 saturated carbocycles. The molecule has 0 saturated heterocycles. The molecule has 0 fully saturated rings. The number of aliphatic carboxylic acids is 1. The maximum absolute atomic E-state index is 12.8. The van der Waals surface area contributed by atoms with E-state index in [2.05, 4.69) is 10.5 Å². The van der Waals surface area contributed by atoms with Crippen LogP contribution in [0.3, 0.4) is 0 Å². The second-order valence-electron chi connectivity index (χ2n) is 9.81. The Morgan fingerprint density at radius 3 is 2.27 bits per heavy atom. The van der Waals surface area contributed by atoms with E-state index in [1.54, 1.807) is 41.0 Å². The van der Waals surface area contributed by atoms with Gasteiger partial charge in [0.1, 0.15) is 30.7 Å². The summed E-state index contributed by atoms with van der Waals surface area (Å²) in [6, 6.07) is 29.6. The fraction of sp³-hybridized carbons (Fsp3) is 0.152. The van der Waals surface area contributed by atoms with E-state index in [4.69, 9.17) is 9.47 Å². The van der Waals surface area contributed by atoms with E-state index in [0.717, 1.165) is 32.7 Å². The number of nitrogens with zero attached hydrogens (tertiary/aromatic N) is 2. The highest BCUT2D eigenvalue weighted by Crippen LogP contribution is 2.22. The summed E-state index contributed by atoms with van der Waals surface area (Å²) in [5.74, 6) is -0.625. The average Bonchev–Trinajstić information content (AvgIpc) is 3.35. The molecular weight excluding hydrogens is 582 g/mol. The van der Waals surface area contributed by atoms with Crippen molar-refractivity contribution in [3.05, 3.63) is 135 Å². The predicted molar refractivity (Wildman–Crippen MR) is 167 cm³/mol. The molecule has 1 unspecified atom stereocenters. The number of fused-ring (bicyclic) bond motifs is 1. The van der Waals surface area contributed by atoms with Crippen molar-refractivity contribution in [2.75, 3.05) is 6.61 Å². The number of carbonyl (C=O) groups excluding carboxylic acids is 1. The zero-order valence-electron chi connectivity index (χ0n) is 23.5. The van der Waals surface area contributed by atoms with Crippen molar-refractivity contribution in [1.82, 2.24) is 9.88 Å². The fourth-order valence-electron chi connectivity index (χ4n) is 4.62. The molecule has 0 aliphatic carbocycles. The van der Waals surface area contributed by atoms with Crippen LogP contribution in [0.5, 0.6) is 5.75 Å². The van der Waals surface area contributed by atoms with Crippen molar-refractivity contribution in [2.45, 2.75) is 25.6 Å². The summed E-state index contributed by atoms with van der Waals surface area (Å²) in [5.41, 5.74) is 4.10. The Bertz CT molecular complexity index is 1820. The van der Waals surface area contributed by atoms with Crippen molar-refractivity contribution >= 4 is 39.3 Å². The van der Waals surface area contributed by atoms with Crippen molar-refractivity contribution < 1.29 is 29.4 Å². The first kappa shape index (κ1) is 30.1. The Kier molecular flexibility index (Phi) is 9.68. The summed E-state index contributed by atoms with van der Waals surface area (Å²) in [6.45, 7) is 0.579. The molecule has 5 aromatic rings. The van der Waals surface area contributed by atoms with E-state index in [-0.39, 0.29) is 24.5 Å². The van der Waals surface area contributed by atoms with Crippen LogP contribution in [0.15, 0.2) is 113 Å². The highest BCUT2D eigenvalue weighted by atomic mass is 32.1.